The zero-order valence-electron chi connectivity index (χ0n) is 16.2. The average Bonchev–Trinajstić information content (AvgIpc) is 2.57. The van der Waals surface area contributed by atoms with Crippen LogP contribution >= 0.6 is 0 Å². The largest absolute Gasteiger partial charge is 0.378 e. The SMILES string of the molecule is CCCCCC1CCC(C2CC[C@@H](OCCCC)[C@H](C)C2)CC1. The molecule has 23 heavy (non-hydrogen) atoms. The van der Waals surface area contributed by atoms with Gasteiger partial charge in [0.15, 0.2) is 0 Å². The van der Waals surface area contributed by atoms with E-state index in [9.17, 15) is 0 Å². The molecule has 0 aromatic carbocycles. The predicted molar refractivity (Wildman–Crippen MR) is 101 cm³/mol. The van der Waals surface area contributed by atoms with Gasteiger partial charge in [-0.15, -0.1) is 0 Å². The zero-order valence-corrected chi connectivity index (χ0v) is 16.2. The molecule has 2 saturated carbocycles. The van der Waals surface area contributed by atoms with E-state index in [-0.39, 0.29) is 0 Å². The molecule has 136 valence electrons. The third-order valence-electron chi connectivity index (χ3n) is 6.74. The molecule has 0 aromatic rings. The van der Waals surface area contributed by atoms with Crippen LogP contribution in [0.5, 0.6) is 0 Å². The Hall–Kier alpha value is -0.0400. The Kier molecular flexibility index (Phi) is 9.01. The van der Waals surface area contributed by atoms with Gasteiger partial charge in [-0.25, -0.2) is 0 Å². The van der Waals surface area contributed by atoms with Gasteiger partial charge in [-0.05, 0) is 62.2 Å². The van der Waals surface area contributed by atoms with Crippen LogP contribution in [0.4, 0.5) is 0 Å². The second-order valence-electron chi connectivity index (χ2n) is 8.59. The summed E-state index contributed by atoms with van der Waals surface area (Å²) < 4.78 is 6.14. The third kappa shape index (κ3) is 6.40. The van der Waals surface area contributed by atoms with Gasteiger partial charge in [0, 0.05) is 6.61 Å². The van der Waals surface area contributed by atoms with Crippen LogP contribution in [0.25, 0.3) is 0 Å². The quantitative estimate of drug-likeness (QED) is 0.415. The summed E-state index contributed by atoms with van der Waals surface area (Å²) in [6.07, 6.45) is 19.1. The Labute approximate surface area is 146 Å². The number of rotatable bonds is 9. The van der Waals surface area contributed by atoms with Crippen LogP contribution in [-0.4, -0.2) is 12.7 Å². The fourth-order valence-electron chi connectivity index (χ4n) is 5.10. The van der Waals surface area contributed by atoms with E-state index in [1.54, 1.807) is 0 Å². The van der Waals surface area contributed by atoms with Crippen LogP contribution in [0.1, 0.15) is 104 Å². The molecule has 3 atom stereocenters. The van der Waals surface area contributed by atoms with Gasteiger partial charge in [0.2, 0.25) is 0 Å². The first-order chi connectivity index (χ1) is 11.2. The Morgan fingerprint density at radius 2 is 1.48 bits per heavy atom. The molecule has 1 heteroatoms. The van der Waals surface area contributed by atoms with E-state index in [1.807, 2.05) is 0 Å². The zero-order chi connectivity index (χ0) is 16.5. The van der Waals surface area contributed by atoms with E-state index < -0.39 is 0 Å². The van der Waals surface area contributed by atoms with E-state index in [4.69, 9.17) is 4.74 Å². The average molecular weight is 323 g/mol. The first-order valence-corrected chi connectivity index (χ1v) is 10.9. The standard InChI is InChI=1S/C22H42O/c1-4-6-8-9-19-10-12-20(13-11-19)21-14-15-22(18(3)17-21)23-16-7-5-2/h18-22H,4-17H2,1-3H3/t18-,19?,20?,21?,22-/m1/s1. The minimum absolute atomic E-state index is 0.559. The smallest absolute Gasteiger partial charge is 0.0600 e. The van der Waals surface area contributed by atoms with Crippen molar-refractivity contribution in [1.29, 1.82) is 0 Å². The number of hydrogen-bond donors (Lipinski definition) is 0. The molecule has 0 N–H and O–H groups in total. The van der Waals surface area contributed by atoms with Crippen LogP contribution < -0.4 is 0 Å². The van der Waals surface area contributed by atoms with E-state index in [0.29, 0.717) is 6.10 Å². The summed E-state index contributed by atoms with van der Waals surface area (Å²) in [7, 11) is 0. The lowest BCUT2D eigenvalue weighted by molar-refractivity contribution is -0.0286. The summed E-state index contributed by atoms with van der Waals surface area (Å²) in [5.74, 6) is 3.89. The van der Waals surface area contributed by atoms with Crippen LogP contribution in [-0.2, 0) is 4.74 Å². The molecule has 1 unspecified atom stereocenters. The van der Waals surface area contributed by atoms with E-state index in [1.165, 1.54) is 83.5 Å². The lowest BCUT2D eigenvalue weighted by Crippen LogP contribution is -2.34. The maximum absolute atomic E-state index is 6.14. The topological polar surface area (TPSA) is 9.23 Å². The van der Waals surface area contributed by atoms with Crippen molar-refractivity contribution in [3.8, 4) is 0 Å². The van der Waals surface area contributed by atoms with Crippen molar-refractivity contribution in [3.05, 3.63) is 0 Å². The molecule has 0 spiro atoms. The molecule has 2 aliphatic carbocycles. The number of ether oxygens (including phenoxy) is 1. The second-order valence-corrected chi connectivity index (χ2v) is 8.59. The summed E-state index contributed by atoms with van der Waals surface area (Å²) in [5, 5.41) is 0. The fraction of sp³-hybridized carbons (Fsp3) is 1.00. The molecule has 0 saturated heterocycles. The van der Waals surface area contributed by atoms with Crippen LogP contribution in [0.2, 0.25) is 0 Å². The molecule has 0 aromatic heterocycles. The number of hydrogen-bond acceptors (Lipinski definition) is 1. The van der Waals surface area contributed by atoms with Crippen LogP contribution in [0.3, 0.4) is 0 Å². The summed E-state index contributed by atoms with van der Waals surface area (Å²) in [6.45, 7) is 8.00. The van der Waals surface area contributed by atoms with Crippen molar-refractivity contribution in [3.63, 3.8) is 0 Å². The van der Waals surface area contributed by atoms with E-state index >= 15 is 0 Å². The van der Waals surface area contributed by atoms with Crippen molar-refractivity contribution in [1.82, 2.24) is 0 Å². The molecular weight excluding hydrogens is 280 g/mol. The molecule has 0 amide bonds. The monoisotopic (exact) mass is 322 g/mol. The minimum Gasteiger partial charge on any atom is -0.378 e. The Morgan fingerprint density at radius 1 is 0.783 bits per heavy atom. The van der Waals surface area contributed by atoms with E-state index in [2.05, 4.69) is 20.8 Å². The first-order valence-electron chi connectivity index (χ1n) is 10.9. The highest BCUT2D eigenvalue weighted by molar-refractivity contribution is 4.85. The molecular formula is C22H42O. The lowest BCUT2D eigenvalue weighted by atomic mass is 9.68. The summed E-state index contributed by atoms with van der Waals surface area (Å²) in [5.41, 5.74) is 0. The van der Waals surface area contributed by atoms with Gasteiger partial charge in [-0.2, -0.15) is 0 Å². The summed E-state index contributed by atoms with van der Waals surface area (Å²) >= 11 is 0. The molecule has 0 bridgehead atoms. The molecule has 0 radical (unpaired) electrons. The molecule has 2 aliphatic rings. The number of unbranched alkanes of at least 4 members (excludes halogenated alkanes) is 3. The van der Waals surface area contributed by atoms with E-state index in [0.717, 1.165) is 30.3 Å². The normalized spacial score (nSPS) is 35.3. The van der Waals surface area contributed by atoms with Crippen molar-refractivity contribution >= 4 is 0 Å². The Balaban J connectivity index is 1.65. The summed E-state index contributed by atoms with van der Waals surface area (Å²) in [4.78, 5) is 0. The minimum atomic E-state index is 0.559. The lowest BCUT2D eigenvalue weighted by Gasteiger charge is -2.40. The van der Waals surface area contributed by atoms with Crippen molar-refractivity contribution < 1.29 is 4.74 Å². The molecule has 1 nitrogen and oxygen atoms in total. The van der Waals surface area contributed by atoms with Crippen LogP contribution in [0.15, 0.2) is 0 Å². The fourth-order valence-corrected chi connectivity index (χ4v) is 5.10. The van der Waals surface area contributed by atoms with Gasteiger partial charge in [0.05, 0.1) is 6.10 Å². The maximum atomic E-state index is 6.14. The highest BCUT2D eigenvalue weighted by Crippen LogP contribution is 2.43. The molecule has 2 fully saturated rings. The summed E-state index contributed by atoms with van der Waals surface area (Å²) in [6, 6.07) is 0. The third-order valence-corrected chi connectivity index (χ3v) is 6.74. The second kappa shape index (κ2) is 10.7. The molecule has 0 aliphatic heterocycles. The van der Waals surface area contributed by atoms with Gasteiger partial charge < -0.3 is 4.74 Å². The van der Waals surface area contributed by atoms with Gasteiger partial charge in [-0.3, -0.25) is 0 Å². The predicted octanol–water partition coefficient (Wildman–Crippen LogP) is 6.99. The first kappa shape index (κ1) is 19.3. The van der Waals surface area contributed by atoms with Crippen molar-refractivity contribution in [2.75, 3.05) is 6.61 Å². The van der Waals surface area contributed by atoms with Gasteiger partial charge in [0.1, 0.15) is 0 Å². The van der Waals surface area contributed by atoms with Gasteiger partial charge in [0.25, 0.3) is 0 Å². The highest BCUT2D eigenvalue weighted by Gasteiger charge is 2.34. The van der Waals surface area contributed by atoms with Gasteiger partial charge >= 0.3 is 0 Å². The molecule has 0 heterocycles. The Bertz CT molecular complexity index is 292. The Morgan fingerprint density at radius 3 is 2.13 bits per heavy atom. The maximum Gasteiger partial charge on any atom is 0.0600 e. The van der Waals surface area contributed by atoms with Crippen molar-refractivity contribution in [2.45, 2.75) is 110 Å². The highest BCUT2D eigenvalue weighted by atomic mass is 16.5. The van der Waals surface area contributed by atoms with Gasteiger partial charge in [-0.1, -0.05) is 65.7 Å². The molecule has 2 rings (SSSR count). The van der Waals surface area contributed by atoms with Crippen molar-refractivity contribution in [2.24, 2.45) is 23.7 Å². The van der Waals surface area contributed by atoms with Crippen LogP contribution in [0, 0.1) is 23.7 Å².